The average molecular weight is 475 g/mol. The fraction of sp³-hybridized carbons (Fsp3) is 0.500. The van der Waals surface area contributed by atoms with E-state index in [-0.39, 0.29) is 18.7 Å². The summed E-state index contributed by atoms with van der Waals surface area (Å²) in [5.41, 5.74) is -1.62. The molecule has 0 radical (unpaired) electrons. The molecule has 4 atom stereocenters. The summed E-state index contributed by atoms with van der Waals surface area (Å²) in [4.78, 5) is 65.1. The van der Waals surface area contributed by atoms with Gasteiger partial charge in [-0.05, 0) is 0 Å². The first-order chi connectivity index (χ1) is 14.3. The Labute approximate surface area is 182 Å². The van der Waals surface area contributed by atoms with Crippen molar-refractivity contribution in [3.63, 3.8) is 0 Å². The molecule has 4 rings (SSSR count). The fourth-order valence-corrected chi connectivity index (χ4v) is 6.02. The Morgan fingerprint density at radius 1 is 1.37 bits per heavy atom. The van der Waals surface area contributed by atoms with Crippen LogP contribution in [0.1, 0.15) is 12.1 Å². The molecule has 3 N–H and O–H groups in total. The number of nitrogens with one attached hydrogen (secondary N) is 2. The number of carbonyl (C=O) groups is 5. The highest BCUT2D eigenvalue weighted by Crippen LogP contribution is 2.49. The van der Waals surface area contributed by atoms with E-state index in [2.05, 4.69) is 15.6 Å². The number of aromatic nitrogens is 1. The number of nitrogens with zero attached hydrogens (tertiary/aromatic N) is 2. The quantitative estimate of drug-likeness (QED) is 0.278. The lowest BCUT2D eigenvalue weighted by Gasteiger charge is -2.56. The number of amides is 3. The molecule has 3 saturated heterocycles. The van der Waals surface area contributed by atoms with Gasteiger partial charge in [0.25, 0.3) is 11.6 Å². The van der Waals surface area contributed by atoms with E-state index in [4.69, 9.17) is 16.3 Å². The van der Waals surface area contributed by atoms with Crippen molar-refractivity contribution in [2.75, 3.05) is 16.9 Å². The number of esters is 1. The van der Waals surface area contributed by atoms with Gasteiger partial charge >= 0.3 is 11.9 Å². The molecule has 3 aliphatic heterocycles. The van der Waals surface area contributed by atoms with Crippen molar-refractivity contribution < 1.29 is 33.8 Å². The van der Waals surface area contributed by atoms with E-state index in [1.165, 1.54) is 11.8 Å². The summed E-state index contributed by atoms with van der Waals surface area (Å²) in [5.74, 6) is -3.42. The zero-order valence-corrected chi connectivity index (χ0v) is 17.5. The summed E-state index contributed by atoms with van der Waals surface area (Å²) in [5, 5.41) is 16.0. The molecule has 14 heteroatoms. The highest BCUT2D eigenvalue weighted by molar-refractivity contribution is 8.00. The maximum atomic E-state index is 12.7. The first kappa shape index (κ1) is 20.9. The Morgan fingerprint density at radius 3 is 2.83 bits per heavy atom. The van der Waals surface area contributed by atoms with Gasteiger partial charge in [-0.1, -0.05) is 0 Å². The van der Waals surface area contributed by atoms with E-state index in [9.17, 15) is 29.1 Å². The number of β-lactam (4-membered cyclic amide) rings is 1. The van der Waals surface area contributed by atoms with Crippen LogP contribution in [0.3, 0.4) is 0 Å². The van der Waals surface area contributed by atoms with Gasteiger partial charge in [-0.15, -0.1) is 34.7 Å². The Bertz CT molecular complexity index is 956. The smallest absolute Gasteiger partial charge is 0.371 e. The second-order valence-corrected chi connectivity index (χ2v) is 9.19. The van der Waals surface area contributed by atoms with Crippen LogP contribution in [-0.2, 0) is 35.1 Å². The molecule has 3 fully saturated rings. The third-order valence-electron chi connectivity index (χ3n) is 4.99. The summed E-state index contributed by atoms with van der Waals surface area (Å²) in [7, 11) is 0. The first-order valence-electron chi connectivity index (χ1n) is 8.76. The van der Waals surface area contributed by atoms with Crippen LogP contribution in [0.15, 0.2) is 5.38 Å². The van der Waals surface area contributed by atoms with Gasteiger partial charge in [-0.2, -0.15) is 0 Å². The highest BCUT2D eigenvalue weighted by Gasteiger charge is 2.71. The Hall–Kier alpha value is -2.38. The molecule has 0 aliphatic carbocycles. The van der Waals surface area contributed by atoms with Crippen LogP contribution in [0.25, 0.3) is 0 Å². The van der Waals surface area contributed by atoms with Crippen LogP contribution in [0.2, 0.25) is 0 Å². The Kier molecular flexibility index (Phi) is 5.36. The number of anilines is 1. The normalized spacial score (nSPS) is 29.4. The molecule has 0 aromatic carbocycles. The second-order valence-electron chi connectivity index (χ2n) is 6.83. The molecular weight excluding hydrogens is 460 g/mol. The van der Waals surface area contributed by atoms with E-state index < -0.39 is 52.7 Å². The second kappa shape index (κ2) is 7.71. The molecule has 1 aromatic rings. The Morgan fingerprint density at radius 2 is 2.13 bits per heavy atom. The lowest BCUT2D eigenvalue weighted by Crippen LogP contribution is -2.82. The number of rotatable bonds is 6. The molecule has 1 aromatic heterocycles. The minimum atomic E-state index is -2.02. The lowest BCUT2D eigenvalue weighted by atomic mass is 9.89. The predicted octanol–water partition coefficient (Wildman–Crippen LogP) is -0.598. The molecule has 4 unspecified atom stereocenters. The fourth-order valence-electron chi connectivity index (χ4n) is 3.72. The number of ether oxygens (including phenoxy) is 1. The van der Waals surface area contributed by atoms with Gasteiger partial charge in [0.05, 0.1) is 29.8 Å². The van der Waals surface area contributed by atoms with Crippen LogP contribution >= 0.6 is 34.7 Å². The van der Waals surface area contributed by atoms with E-state index in [0.717, 1.165) is 16.2 Å². The first-order valence-corrected chi connectivity index (χ1v) is 11.2. The largest absolute Gasteiger partial charge is 0.477 e. The van der Waals surface area contributed by atoms with Gasteiger partial charge < -0.3 is 20.5 Å². The summed E-state index contributed by atoms with van der Waals surface area (Å²) < 4.78 is 5.09. The molecule has 3 amide bonds. The van der Waals surface area contributed by atoms with Gasteiger partial charge in [-0.3, -0.25) is 24.1 Å². The number of fused-ring (bicyclic) bond motifs is 3. The van der Waals surface area contributed by atoms with Gasteiger partial charge in [0.1, 0.15) is 11.9 Å². The molecule has 30 heavy (non-hydrogen) atoms. The lowest BCUT2D eigenvalue weighted by molar-refractivity contribution is -0.213. The summed E-state index contributed by atoms with van der Waals surface area (Å²) in [6.45, 7) is 0. The van der Waals surface area contributed by atoms with Crippen molar-refractivity contribution in [2.24, 2.45) is 0 Å². The molecule has 11 nitrogen and oxygen atoms in total. The molecular formula is C16H15ClN4O7S2. The predicted molar refractivity (Wildman–Crippen MR) is 105 cm³/mol. The van der Waals surface area contributed by atoms with Crippen molar-refractivity contribution in [3.05, 3.63) is 11.1 Å². The SMILES string of the molecule is O=C(CCl)Nc1nc(CC(=O)NC2C(=O)N3C2CSC2CC(=O)OC23C(=O)O)cs1. The number of carboxylic acids is 1. The van der Waals surface area contributed by atoms with Crippen LogP contribution in [-0.4, -0.2) is 79.3 Å². The summed E-state index contributed by atoms with van der Waals surface area (Å²) in [6.07, 6.45) is -0.213. The molecule has 160 valence electrons. The van der Waals surface area contributed by atoms with Crippen molar-refractivity contribution in [1.82, 2.24) is 15.2 Å². The monoisotopic (exact) mass is 474 g/mol. The molecule has 0 bridgehead atoms. The third kappa shape index (κ3) is 3.30. The van der Waals surface area contributed by atoms with E-state index >= 15 is 0 Å². The molecule has 4 heterocycles. The van der Waals surface area contributed by atoms with Crippen LogP contribution in [0.4, 0.5) is 5.13 Å². The topological polar surface area (TPSA) is 155 Å². The zero-order chi connectivity index (χ0) is 21.6. The van der Waals surface area contributed by atoms with Crippen molar-refractivity contribution in [1.29, 1.82) is 0 Å². The number of hydrogen-bond donors (Lipinski definition) is 3. The zero-order valence-electron chi connectivity index (χ0n) is 15.1. The molecule has 3 aliphatic rings. The number of carbonyl (C=O) groups excluding carboxylic acids is 4. The maximum Gasteiger partial charge on any atom is 0.371 e. The van der Waals surface area contributed by atoms with E-state index in [1.807, 2.05) is 0 Å². The van der Waals surface area contributed by atoms with Crippen molar-refractivity contribution in [3.8, 4) is 0 Å². The number of thioether (sulfide) groups is 1. The minimum absolute atomic E-state index is 0.0864. The van der Waals surface area contributed by atoms with E-state index in [0.29, 0.717) is 16.6 Å². The van der Waals surface area contributed by atoms with Gasteiger partial charge in [0.15, 0.2) is 5.13 Å². The number of aliphatic carboxylic acids is 1. The van der Waals surface area contributed by atoms with E-state index in [1.54, 1.807) is 5.38 Å². The standard InChI is InChI=1S/C16H15ClN4O7S2/c17-3-10(23)20-15-18-6(4-30-15)1-9(22)19-12-7-5-29-8-2-11(24)28-16(8,14(26)27)21(7)13(12)25/h4,7-8,12H,1-3,5H2,(H,19,22)(H,26,27)(H,18,20,23). The van der Waals surface area contributed by atoms with Crippen LogP contribution in [0.5, 0.6) is 0 Å². The number of hydrogen-bond acceptors (Lipinski definition) is 9. The van der Waals surface area contributed by atoms with Crippen LogP contribution < -0.4 is 10.6 Å². The number of thiazole rings is 1. The molecule has 0 saturated carbocycles. The highest BCUT2D eigenvalue weighted by atomic mass is 35.5. The third-order valence-corrected chi connectivity index (χ3v) is 7.46. The van der Waals surface area contributed by atoms with Gasteiger partial charge in [-0.25, -0.2) is 9.78 Å². The van der Waals surface area contributed by atoms with Crippen molar-refractivity contribution in [2.45, 2.75) is 35.9 Å². The summed E-state index contributed by atoms with van der Waals surface area (Å²) >= 11 is 7.79. The minimum Gasteiger partial charge on any atom is -0.477 e. The average Bonchev–Trinajstić information content (AvgIpc) is 3.27. The molecule has 0 spiro atoms. The Balaban J connectivity index is 1.41. The van der Waals surface area contributed by atoms with Crippen LogP contribution in [0, 0.1) is 0 Å². The van der Waals surface area contributed by atoms with Gasteiger partial charge in [0, 0.05) is 11.1 Å². The number of alkyl halides is 1. The maximum absolute atomic E-state index is 12.7. The number of carboxylic acid groups (broad SMARTS) is 1. The number of halogens is 1. The summed E-state index contributed by atoms with van der Waals surface area (Å²) in [6, 6.07) is -1.51. The van der Waals surface area contributed by atoms with Gasteiger partial charge in [0.2, 0.25) is 11.8 Å². The van der Waals surface area contributed by atoms with Crippen molar-refractivity contribution >= 4 is 69.5 Å².